The van der Waals surface area contributed by atoms with Crippen molar-refractivity contribution in [3.8, 4) is 0 Å². The summed E-state index contributed by atoms with van der Waals surface area (Å²) in [6.07, 6.45) is -3.46. The fourth-order valence-corrected chi connectivity index (χ4v) is 1.78. The van der Waals surface area contributed by atoms with Crippen molar-refractivity contribution in [1.29, 1.82) is 0 Å². The highest BCUT2D eigenvalue weighted by Crippen LogP contribution is 2.23. The molecule has 0 atom stereocenters. The van der Waals surface area contributed by atoms with Gasteiger partial charge >= 0.3 is 6.18 Å². The minimum absolute atomic E-state index is 0.155. The van der Waals surface area contributed by atoms with Crippen molar-refractivity contribution < 1.29 is 22.9 Å². The average molecular weight is 326 g/mol. The molecule has 0 fully saturated rings. The lowest BCUT2D eigenvalue weighted by molar-refractivity contribution is -0.385. The highest BCUT2D eigenvalue weighted by atomic mass is 35.5. The van der Waals surface area contributed by atoms with Gasteiger partial charge in [-0.2, -0.15) is 13.2 Å². The maximum absolute atomic E-state index is 12.5. The van der Waals surface area contributed by atoms with E-state index in [-0.39, 0.29) is 11.7 Å². The normalized spacial score (nSPS) is 11.3. The van der Waals surface area contributed by atoms with Crippen LogP contribution >= 0.6 is 11.6 Å². The molecule has 1 rings (SSSR count). The Morgan fingerprint density at radius 2 is 2.14 bits per heavy atom. The Morgan fingerprint density at radius 3 is 2.62 bits per heavy atom. The third-order valence-electron chi connectivity index (χ3n) is 2.42. The molecule has 0 unspecified atom stereocenters. The molecule has 0 aliphatic carbocycles. The van der Waals surface area contributed by atoms with E-state index in [9.17, 15) is 28.1 Å². The van der Waals surface area contributed by atoms with E-state index in [1.165, 1.54) is 0 Å². The minimum atomic E-state index is -4.58. The van der Waals surface area contributed by atoms with E-state index >= 15 is 0 Å². The summed E-state index contributed by atoms with van der Waals surface area (Å²) >= 11 is 5.65. The Labute approximate surface area is 122 Å². The number of halogens is 4. The summed E-state index contributed by atoms with van der Waals surface area (Å²) in [5.41, 5.74) is -0.949. The highest BCUT2D eigenvalue weighted by Gasteiger charge is 2.34. The van der Waals surface area contributed by atoms with Gasteiger partial charge in [-0.25, -0.2) is 4.98 Å². The van der Waals surface area contributed by atoms with Crippen LogP contribution in [-0.2, 0) is 0 Å². The van der Waals surface area contributed by atoms with E-state index in [0.29, 0.717) is 11.3 Å². The number of carbonyl (C=O) groups is 1. The Morgan fingerprint density at radius 1 is 1.52 bits per heavy atom. The summed E-state index contributed by atoms with van der Waals surface area (Å²) in [5.74, 6) is -1.05. The lowest BCUT2D eigenvalue weighted by Crippen LogP contribution is -2.39. The monoisotopic (exact) mass is 325 g/mol. The van der Waals surface area contributed by atoms with Crippen LogP contribution in [0.5, 0.6) is 0 Å². The molecule has 1 aromatic rings. The first kappa shape index (κ1) is 17.2. The number of nitrogens with zero attached hydrogens (tertiary/aromatic N) is 3. The van der Waals surface area contributed by atoms with Crippen LogP contribution in [0.4, 0.5) is 18.9 Å². The van der Waals surface area contributed by atoms with Gasteiger partial charge in [0.25, 0.3) is 11.6 Å². The first-order valence-electron chi connectivity index (χ1n) is 5.81. The van der Waals surface area contributed by atoms with Gasteiger partial charge in [0.1, 0.15) is 17.9 Å². The van der Waals surface area contributed by atoms with Crippen molar-refractivity contribution in [3.05, 3.63) is 33.1 Å². The predicted octanol–water partition coefficient (Wildman–Crippen LogP) is 3.06. The van der Waals surface area contributed by atoms with Gasteiger partial charge in [-0.1, -0.05) is 18.5 Å². The fourth-order valence-electron chi connectivity index (χ4n) is 1.60. The number of rotatable bonds is 5. The van der Waals surface area contributed by atoms with Gasteiger partial charge in [-0.05, 0) is 6.42 Å². The summed E-state index contributed by atoms with van der Waals surface area (Å²) in [6.45, 7) is -0.0139. The third-order valence-corrected chi connectivity index (χ3v) is 2.72. The molecule has 0 saturated heterocycles. The molecular formula is C11H11ClF3N3O3. The molecule has 0 spiro atoms. The second kappa shape index (κ2) is 6.70. The van der Waals surface area contributed by atoms with E-state index in [2.05, 4.69) is 4.98 Å². The van der Waals surface area contributed by atoms with E-state index in [1.54, 1.807) is 6.92 Å². The summed E-state index contributed by atoms with van der Waals surface area (Å²) in [7, 11) is 0. The van der Waals surface area contributed by atoms with Crippen LogP contribution < -0.4 is 0 Å². The average Bonchev–Trinajstić information content (AvgIpc) is 2.36. The zero-order valence-corrected chi connectivity index (χ0v) is 11.6. The molecule has 21 heavy (non-hydrogen) atoms. The maximum atomic E-state index is 12.5. The van der Waals surface area contributed by atoms with Crippen molar-refractivity contribution in [2.75, 3.05) is 13.1 Å². The van der Waals surface area contributed by atoms with Crippen molar-refractivity contribution in [2.24, 2.45) is 0 Å². The Hall–Kier alpha value is -1.90. The molecule has 0 N–H and O–H groups in total. The van der Waals surface area contributed by atoms with Crippen LogP contribution in [0, 0.1) is 10.1 Å². The number of aromatic nitrogens is 1. The zero-order chi connectivity index (χ0) is 16.2. The first-order valence-corrected chi connectivity index (χ1v) is 6.19. The van der Waals surface area contributed by atoms with Gasteiger partial charge in [0.2, 0.25) is 0 Å². The third kappa shape index (κ3) is 4.85. The van der Waals surface area contributed by atoms with Crippen molar-refractivity contribution in [2.45, 2.75) is 19.5 Å². The SMILES string of the molecule is CCCN(CC(F)(F)F)C(=O)c1cc([N+](=O)[O-])cnc1Cl. The highest BCUT2D eigenvalue weighted by molar-refractivity contribution is 6.32. The van der Waals surface area contributed by atoms with E-state index in [1.807, 2.05) is 0 Å². The molecule has 0 aliphatic rings. The molecule has 10 heteroatoms. The molecule has 0 saturated carbocycles. The smallest absolute Gasteiger partial charge is 0.329 e. The fraction of sp³-hybridized carbons (Fsp3) is 0.455. The van der Waals surface area contributed by atoms with Crippen LogP contribution in [0.2, 0.25) is 5.15 Å². The quantitative estimate of drug-likeness (QED) is 0.473. The summed E-state index contributed by atoms with van der Waals surface area (Å²) in [5, 5.41) is 10.2. The second-order valence-corrected chi connectivity index (χ2v) is 4.49. The summed E-state index contributed by atoms with van der Waals surface area (Å²) < 4.78 is 37.4. The Balaban J connectivity index is 3.13. The largest absolute Gasteiger partial charge is 0.406 e. The first-order chi connectivity index (χ1) is 9.65. The van der Waals surface area contributed by atoms with Gasteiger partial charge in [-0.3, -0.25) is 14.9 Å². The van der Waals surface area contributed by atoms with Crippen LogP contribution in [-0.4, -0.2) is 40.0 Å². The number of pyridine rings is 1. The van der Waals surface area contributed by atoms with Crippen LogP contribution in [0.3, 0.4) is 0 Å². The van der Waals surface area contributed by atoms with Crippen LogP contribution in [0.1, 0.15) is 23.7 Å². The maximum Gasteiger partial charge on any atom is 0.406 e. The van der Waals surface area contributed by atoms with E-state index in [4.69, 9.17) is 11.6 Å². The molecule has 0 aromatic carbocycles. The molecule has 116 valence electrons. The predicted molar refractivity (Wildman–Crippen MR) is 68.2 cm³/mol. The van der Waals surface area contributed by atoms with Crippen molar-refractivity contribution in [3.63, 3.8) is 0 Å². The van der Waals surface area contributed by atoms with Gasteiger partial charge < -0.3 is 4.90 Å². The van der Waals surface area contributed by atoms with Crippen molar-refractivity contribution >= 4 is 23.2 Å². The van der Waals surface area contributed by atoms with Gasteiger partial charge in [-0.15, -0.1) is 0 Å². The van der Waals surface area contributed by atoms with Gasteiger partial charge in [0, 0.05) is 12.6 Å². The van der Waals surface area contributed by atoms with Crippen LogP contribution in [0.15, 0.2) is 12.3 Å². The second-order valence-electron chi connectivity index (χ2n) is 4.13. The standard InChI is InChI=1S/C11H11ClF3N3O3/c1-2-3-17(6-11(13,14)15)10(19)8-4-7(18(20)21)5-16-9(8)12/h4-5H,2-3,6H2,1H3. The van der Waals surface area contributed by atoms with Crippen LogP contribution in [0.25, 0.3) is 0 Å². The number of hydrogen-bond donors (Lipinski definition) is 0. The summed E-state index contributed by atoms with van der Waals surface area (Å²) in [6, 6.07) is 0.816. The molecular weight excluding hydrogens is 315 g/mol. The lowest BCUT2D eigenvalue weighted by Gasteiger charge is -2.23. The summed E-state index contributed by atoms with van der Waals surface area (Å²) in [4.78, 5) is 25.9. The molecule has 0 radical (unpaired) electrons. The van der Waals surface area contributed by atoms with E-state index in [0.717, 1.165) is 12.3 Å². The topological polar surface area (TPSA) is 76.3 Å². The number of amides is 1. The zero-order valence-electron chi connectivity index (χ0n) is 10.9. The molecule has 0 aliphatic heterocycles. The minimum Gasteiger partial charge on any atom is -0.329 e. The Kier molecular flexibility index (Phi) is 5.47. The number of alkyl halides is 3. The molecule has 1 amide bonds. The number of nitro groups is 1. The lowest BCUT2D eigenvalue weighted by atomic mass is 10.2. The van der Waals surface area contributed by atoms with E-state index < -0.39 is 34.8 Å². The number of hydrogen-bond acceptors (Lipinski definition) is 4. The number of carbonyl (C=O) groups excluding carboxylic acids is 1. The molecule has 6 nitrogen and oxygen atoms in total. The molecule has 0 bridgehead atoms. The van der Waals surface area contributed by atoms with Gasteiger partial charge in [0.15, 0.2) is 0 Å². The van der Waals surface area contributed by atoms with Gasteiger partial charge in [0.05, 0.1) is 10.5 Å². The molecule has 1 aromatic heterocycles. The Bertz CT molecular complexity index is 551. The van der Waals surface area contributed by atoms with Crippen molar-refractivity contribution in [1.82, 2.24) is 9.88 Å². The molecule has 1 heterocycles.